The van der Waals surface area contributed by atoms with Gasteiger partial charge < -0.3 is 15.0 Å². The van der Waals surface area contributed by atoms with Crippen molar-refractivity contribution in [3.8, 4) is 5.75 Å². The van der Waals surface area contributed by atoms with Crippen molar-refractivity contribution in [3.05, 3.63) is 28.7 Å². The van der Waals surface area contributed by atoms with E-state index in [1.807, 2.05) is 43.1 Å². The van der Waals surface area contributed by atoms with E-state index in [4.69, 9.17) is 4.74 Å². The maximum Gasteiger partial charge on any atom is 0.263 e. The van der Waals surface area contributed by atoms with Crippen LogP contribution in [0.3, 0.4) is 0 Å². The quantitative estimate of drug-likeness (QED) is 0.883. The molecule has 21 heavy (non-hydrogen) atoms. The lowest BCUT2D eigenvalue weighted by molar-refractivity contribution is -0.139. The second-order valence-electron chi connectivity index (χ2n) is 5.54. The maximum absolute atomic E-state index is 12.5. The fourth-order valence-electron chi connectivity index (χ4n) is 2.76. The van der Waals surface area contributed by atoms with Gasteiger partial charge in [0.25, 0.3) is 5.91 Å². The van der Waals surface area contributed by atoms with E-state index in [1.165, 1.54) is 6.42 Å². The average Bonchev–Trinajstić information content (AvgIpc) is 2.49. The SMILES string of the molecule is CNCC1CCCN(C(=O)C(C)Oc2ccccc2Br)C1. The highest BCUT2D eigenvalue weighted by Gasteiger charge is 2.27. The second kappa shape index (κ2) is 7.80. The Labute approximate surface area is 135 Å². The Hall–Kier alpha value is -1.07. The number of nitrogens with zero attached hydrogens (tertiary/aromatic N) is 1. The third kappa shape index (κ3) is 4.45. The molecule has 4 nitrogen and oxygen atoms in total. The van der Waals surface area contributed by atoms with Gasteiger partial charge in [0.15, 0.2) is 6.10 Å². The number of nitrogens with one attached hydrogen (secondary N) is 1. The lowest BCUT2D eigenvalue weighted by Gasteiger charge is -2.34. The molecule has 0 bridgehead atoms. The van der Waals surface area contributed by atoms with Gasteiger partial charge in [0.05, 0.1) is 4.47 Å². The summed E-state index contributed by atoms with van der Waals surface area (Å²) in [7, 11) is 1.96. The zero-order valence-electron chi connectivity index (χ0n) is 12.6. The Morgan fingerprint density at radius 1 is 1.52 bits per heavy atom. The normalized spacial score (nSPS) is 20.1. The minimum atomic E-state index is -0.461. The van der Waals surface area contributed by atoms with Crippen LogP contribution in [-0.4, -0.2) is 43.6 Å². The first-order valence-corrected chi connectivity index (χ1v) is 8.25. The number of carbonyl (C=O) groups is 1. The first-order valence-electron chi connectivity index (χ1n) is 7.46. The number of piperidine rings is 1. The summed E-state index contributed by atoms with van der Waals surface area (Å²) in [5, 5.41) is 3.20. The van der Waals surface area contributed by atoms with E-state index in [-0.39, 0.29) is 5.91 Å². The van der Waals surface area contributed by atoms with Crippen molar-refractivity contribution in [1.29, 1.82) is 0 Å². The van der Waals surface area contributed by atoms with Crippen LogP contribution >= 0.6 is 15.9 Å². The van der Waals surface area contributed by atoms with E-state index in [0.29, 0.717) is 11.7 Å². The smallest absolute Gasteiger partial charge is 0.263 e. The standard InChI is InChI=1S/C16H23BrN2O2/c1-12(21-15-8-4-3-7-14(15)17)16(20)19-9-5-6-13(11-19)10-18-2/h3-4,7-8,12-13,18H,5-6,9-11H2,1-2H3. The zero-order valence-corrected chi connectivity index (χ0v) is 14.2. The lowest BCUT2D eigenvalue weighted by Crippen LogP contribution is -2.47. The van der Waals surface area contributed by atoms with Crippen molar-refractivity contribution < 1.29 is 9.53 Å². The van der Waals surface area contributed by atoms with Gasteiger partial charge in [-0.2, -0.15) is 0 Å². The van der Waals surface area contributed by atoms with E-state index in [2.05, 4.69) is 21.2 Å². The molecule has 1 fully saturated rings. The number of carbonyl (C=O) groups excluding carboxylic acids is 1. The van der Waals surface area contributed by atoms with Crippen LogP contribution in [0.5, 0.6) is 5.75 Å². The number of benzene rings is 1. The van der Waals surface area contributed by atoms with Crippen LogP contribution in [0, 0.1) is 5.92 Å². The minimum absolute atomic E-state index is 0.0755. The Bertz CT molecular complexity index is 479. The average molecular weight is 355 g/mol. The van der Waals surface area contributed by atoms with Gasteiger partial charge in [0.1, 0.15) is 5.75 Å². The summed E-state index contributed by atoms with van der Waals surface area (Å²) in [6.45, 7) is 4.44. The van der Waals surface area contributed by atoms with Crippen molar-refractivity contribution in [2.75, 3.05) is 26.7 Å². The van der Waals surface area contributed by atoms with Crippen molar-refractivity contribution in [1.82, 2.24) is 10.2 Å². The summed E-state index contributed by atoms with van der Waals surface area (Å²) in [4.78, 5) is 14.5. The number of likely N-dealkylation sites (tertiary alicyclic amines) is 1. The fourth-order valence-corrected chi connectivity index (χ4v) is 3.14. The van der Waals surface area contributed by atoms with E-state index in [1.54, 1.807) is 0 Å². The van der Waals surface area contributed by atoms with Gasteiger partial charge >= 0.3 is 0 Å². The maximum atomic E-state index is 12.5. The summed E-state index contributed by atoms with van der Waals surface area (Å²) >= 11 is 3.44. The Balaban J connectivity index is 1.94. The van der Waals surface area contributed by atoms with Crippen LogP contribution in [0.25, 0.3) is 0 Å². The molecule has 116 valence electrons. The highest BCUT2D eigenvalue weighted by Crippen LogP contribution is 2.25. The molecule has 1 aromatic rings. The fraction of sp³-hybridized carbons (Fsp3) is 0.562. The molecule has 1 saturated heterocycles. The van der Waals surface area contributed by atoms with Gasteiger partial charge in [-0.05, 0) is 67.3 Å². The van der Waals surface area contributed by atoms with E-state index in [0.717, 1.165) is 30.5 Å². The largest absolute Gasteiger partial charge is 0.480 e. The third-order valence-corrected chi connectivity index (χ3v) is 4.47. The number of hydrogen-bond donors (Lipinski definition) is 1. The summed E-state index contributed by atoms with van der Waals surface area (Å²) < 4.78 is 6.67. The molecule has 0 spiro atoms. The predicted octanol–water partition coefficient (Wildman–Crippen LogP) is 2.67. The summed E-state index contributed by atoms with van der Waals surface area (Å²) in [6, 6.07) is 7.61. The Morgan fingerprint density at radius 2 is 2.29 bits per heavy atom. The molecule has 0 radical (unpaired) electrons. The van der Waals surface area contributed by atoms with E-state index < -0.39 is 6.10 Å². The molecular formula is C16H23BrN2O2. The Kier molecular flexibility index (Phi) is 6.06. The van der Waals surface area contributed by atoms with Gasteiger partial charge in [-0.25, -0.2) is 0 Å². The summed E-state index contributed by atoms with van der Waals surface area (Å²) in [5.74, 6) is 1.33. The minimum Gasteiger partial charge on any atom is -0.480 e. The number of ether oxygens (including phenoxy) is 1. The number of amides is 1. The molecule has 1 amide bonds. The van der Waals surface area contributed by atoms with Crippen molar-refractivity contribution in [2.45, 2.75) is 25.9 Å². The summed E-state index contributed by atoms with van der Waals surface area (Å²) in [5.41, 5.74) is 0. The third-order valence-electron chi connectivity index (χ3n) is 3.81. The molecule has 1 heterocycles. The highest BCUT2D eigenvalue weighted by molar-refractivity contribution is 9.10. The molecular weight excluding hydrogens is 332 g/mol. The van der Waals surface area contributed by atoms with Gasteiger partial charge in [0, 0.05) is 13.1 Å². The van der Waals surface area contributed by atoms with Crippen LogP contribution in [0.4, 0.5) is 0 Å². The van der Waals surface area contributed by atoms with Crippen molar-refractivity contribution >= 4 is 21.8 Å². The molecule has 0 aromatic heterocycles. The number of halogens is 1. The second-order valence-corrected chi connectivity index (χ2v) is 6.40. The topological polar surface area (TPSA) is 41.6 Å². The summed E-state index contributed by atoms with van der Waals surface area (Å²) in [6.07, 6.45) is 1.79. The van der Waals surface area contributed by atoms with Crippen LogP contribution in [0.15, 0.2) is 28.7 Å². The van der Waals surface area contributed by atoms with Crippen LogP contribution in [0.1, 0.15) is 19.8 Å². The van der Waals surface area contributed by atoms with Gasteiger partial charge in [0.2, 0.25) is 0 Å². The monoisotopic (exact) mass is 354 g/mol. The molecule has 2 atom stereocenters. The highest BCUT2D eigenvalue weighted by atomic mass is 79.9. The zero-order chi connectivity index (χ0) is 15.2. The Morgan fingerprint density at radius 3 is 3.00 bits per heavy atom. The molecule has 1 N–H and O–H groups in total. The molecule has 0 saturated carbocycles. The van der Waals surface area contributed by atoms with Crippen molar-refractivity contribution in [3.63, 3.8) is 0 Å². The molecule has 1 aromatic carbocycles. The van der Waals surface area contributed by atoms with Crippen LogP contribution in [0.2, 0.25) is 0 Å². The van der Waals surface area contributed by atoms with Crippen LogP contribution < -0.4 is 10.1 Å². The number of rotatable bonds is 5. The van der Waals surface area contributed by atoms with E-state index in [9.17, 15) is 4.79 Å². The van der Waals surface area contributed by atoms with E-state index >= 15 is 0 Å². The molecule has 2 unspecified atom stereocenters. The van der Waals surface area contributed by atoms with Gasteiger partial charge in [-0.1, -0.05) is 12.1 Å². The van der Waals surface area contributed by atoms with Gasteiger partial charge in [-0.15, -0.1) is 0 Å². The molecule has 2 rings (SSSR count). The first kappa shape index (κ1) is 16.3. The number of para-hydroxylation sites is 1. The lowest BCUT2D eigenvalue weighted by atomic mass is 9.97. The predicted molar refractivity (Wildman–Crippen MR) is 87.5 cm³/mol. The van der Waals surface area contributed by atoms with Crippen molar-refractivity contribution in [2.24, 2.45) is 5.92 Å². The molecule has 0 aliphatic carbocycles. The van der Waals surface area contributed by atoms with Gasteiger partial charge in [-0.3, -0.25) is 4.79 Å². The molecule has 5 heteroatoms. The molecule has 1 aliphatic heterocycles. The first-order chi connectivity index (χ1) is 10.1. The molecule has 1 aliphatic rings. The number of hydrogen-bond acceptors (Lipinski definition) is 3. The van der Waals surface area contributed by atoms with Crippen LogP contribution in [-0.2, 0) is 4.79 Å².